The van der Waals surface area contributed by atoms with Gasteiger partial charge in [-0.05, 0) is 12.1 Å². The predicted molar refractivity (Wildman–Crippen MR) is 77.9 cm³/mol. The van der Waals surface area contributed by atoms with Gasteiger partial charge in [-0.15, -0.1) is 0 Å². The Labute approximate surface area is 121 Å². The molecule has 0 unspecified atom stereocenters. The number of hydrogen-bond donors (Lipinski definition) is 1. The Morgan fingerprint density at radius 3 is 2.90 bits per heavy atom. The molecule has 4 rings (SSSR count). The number of fused-ring (bicyclic) bond motifs is 1. The van der Waals surface area contributed by atoms with Crippen LogP contribution in [0.4, 0.5) is 5.82 Å². The van der Waals surface area contributed by atoms with E-state index in [1.54, 1.807) is 18.8 Å². The van der Waals surface area contributed by atoms with E-state index in [1.807, 2.05) is 12.1 Å². The maximum atomic E-state index is 5.41. The van der Waals surface area contributed by atoms with Crippen molar-refractivity contribution >= 4 is 16.9 Å². The van der Waals surface area contributed by atoms with Gasteiger partial charge in [-0.1, -0.05) is 0 Å². The molecule has 21 heavy (non-hydrogen) atoms. The third-order valence-electron chi connectivity index (χ3n) is 3.86. The highest BCUT2D eigenvalue weighted by atomic mass is 16.3. The summed E-state index contributed by atoms with van der Waals surface area (Å²) in [6, 6.07) is 3.95. The fourth-order valence-electron chi connectivity index (χ4n) is 2.74. The molecule has 0 amide bonds. The third kappa shape index (κ3) is 2.36. The SMILES string of the molecule is c1coc(CN2CCN(c3ncnc4[nH]ncc34)CC2)c1. The first-order valence-electron chi connectivity index (χ1n) is 7.04. The van der Waals surface area contributed by atoms with Crippen molar-refractivity contribution in [3.8, 4) is 0 Å². The van der Waals surface area contributed by atoms with Crippen LogP contribution in [0.3, 0.4) is 0 Å². The molecule has 7 heteroatoms. The van der Waals surface area contributed by atoms with E-state index in [-0.39, 0.29) is 0 Å². The zero-order valence-electron chi connectivity index (χ0n) is 11.6. The Bertz CT molecular complexity index is 714. The number of rotatable bonds is 3. The minimum Gasteiger partial charge on any atom is -0.468 e. The summed E-state index contributed by atoms with van der Waals surface area (Å²) in [5, 5.41) is 7.91. The number of nitrogens with zero attached hydrogens (tertiary/aromatic N) is 5. The summed E-state index contributed by atoms with van der Waals surface area (Å²) in [6.45, 7) is 4.73. The second-order valence-electron chi connectivity index (χ2n) is 5.17. The van der Waals surface area contributed by atoms with E-state index in [2.05, 4.69) is 30.0 Å². The molecule has 1 aliphatic rings. The second-order valence-corrected chi connectivity index (χ2v) is 5.17. The van der Waals surface area contributed by atoms with Crippen molar-refractivity contribution in [2.45, 2.75) is 6.54 Å². The van der Waals surface area contributed by atoms with Gasteiger partial charge in [-0.3, -0.25) is 10.00 Å². The van der Waals surface area contributed by atoms with Crippen molar-refractivity contribution in [3.05, 3.63) is 36.7 Å². The molecule has 108 valence electrons. The van der Waals surface area contributed by atoms with E-state index in [9.17, 15) is 0 Å². The van der Waals surface area contributed by atoms with Gasteiger partial charge >= 0.3 is 0 Å². The van der Waals surface area contributed by atoms with Crippen LogP contribution in [0, 0.1) is 0 Å². The molecule has 4 heterocycles. The smallest absolute Gasteiger partial charge is 0.160 e. The van der Waals surface area contributed by atoms with Crippen LogP contribution in [0.1, 0.15) is 5.76 Å². The zero-order chi connectivity index (χ0) is 14.1. The van der Waals surface area contributed by atoms with Crippen molar-refractivity contribution < 1.29 is 4.42 Å². The van der Waals surface area contributed by atoms with Crippen LogP contribution in [0.25, 0.3) is 11.0 Å². The van der Waals surface area contributed by atoms with E-state index in [0.29, 0.717) is 0 Å². The number of aromatic amines is 1. The molecule has 7 nitrogen and oxygen atoms in total. The molecule has 0 atom stereocenters. The van der Waals surface area contributed by atoms with Crippen LogP contribution < -0.4 is 4.90 Å². The minimum absolute atomic E-state index is 0.790. The van der Waals surface area contributed by atoms with E-state index in [1.165, 1.54) is 0 Å². The van der Waals surface area contributed by atoms with Crippen LogP contribution in [0.2, 0.25) is 0 Å². The number of hydrogen-bond acceptors (Lipinski definition) is 6. The normalized spacial score (nSPS) is 16.7. The quantitative estimate of drug-likeness (QED) is 0.780. The summed E-state index contributed by atoms with van der Waals surface area (Å²) in [7, 11) is 0. The van der Waals surface area contributed by atoms with Gasteiger partial charge in [0, 0.05) is 26.2 Å². The molecule has 3 aromatic heterocycles. The lowest BCUT2D eigenvalue weighted by Gasteiger charge is -2.35. The Morgan fingerprint density at radius 1 is 1.19 bits per heavy atom. The van der Waals surface area contributed by atoms with E-state index < -0.39 is 0 Å². The van der Waals surface area contributed by atoms with Crippen molar-refractivity contribution in [2.24, 2.45) is 0 Å². The summed E-state index contributed by atoms with van der Waals surface area (Å²) < 4.78 is 5.41. The molecular formula is C14H16N6O. The molecule has 0 saturated carbocycles. The second kappa shape index (κ2) is 5.17. The first-order valence-corrected chi connectivity index (χ1v) is 7.04. The molecule has 1 N–H and O–H groups in total. The summed E-state index contributed by atoms with van der Waals surface area (Å²) in [4.78, 5) is 13.3. The number of piperazine rings is 1. The standard InChI is InChI=1S/C14H16N6O/c1-2-11(21-7-1)9-19-3-5-20(6-4-19)14-12-8-17-18-13(12)15-10-16-14/h1-2,7-8,10H,3-6,9H2,(H,15,16,17,18). The van der Waals surface area contributed by atoms with E-state index in [4.69, 9.17) is 4.42 Å². The lowest BCUT2D eigenvalue weighted by atomic mass is 10.2. The lowest BCUT2D eigenvalue weighted by molar-refractivity contribution is 0.230. The average Bonchev–Trinajstić information content (AvgIpc) is 3.18. The van der Waals surface area contributed by atoms with Crippen molar-refractivity contribution in [1.29, 1.82) is 0 Å². The molecule has 0 radical (unpaired) electrons. The summed E-state index contributed by atoms with van der Waals surface area (Å²) in [6.07, 6.45) is 5.10. The highest BCUT2D eigenvalue weighted by Crippen LogP contribution is 2.22. The van der Waals surface area contributed by atoms with Gasteiger partial charge in [0.2, 0.25) is 0 Å². The van der Waals surface area contributed by atoms with Gasteiger partial charge in [0.15, 0.2) is 5.65 Å². The summed E-state index contributed by atoms with van der Waals surface area (Å²) in [5.41, 5.74) is 0.790. The molecular weight excluding hydrogens is 268 g/mol. The van der Waals surface area contributed by atoms with Gasteiger partial charge < -0.3 is 9.32 Å². The van der Waals surface area contributed by atoms with Gasteiger partial charge in [0.25, 0.3) is 0 Å². The van der Waals surface area contributed by atoms with E-state index >= 15 is 0 Å². The van der Waals surface area contributed by atoms with Crippen LogP contribution in [0.5, 0.6) is 0 Å². The topological polar surface area (TPSA) is 74.1 Å². The largest absolute Gasteiger partial charge is 0.468 e. The fraction of sp³-hybridized carbons (Fsp3) is 0.357. The van der Waals surface area contributed by atoms with Crippen LogP contribution in [0.15, 0.2) is 35.3 Å². The van der Waals surface area contributed by atoms with Crippen molar-refractivity contribution in [1.82, 2.24) is 25.1 Å². The van der Waals surface area contributed by atoms with Crippen molar-refractivity contribution in [2.75, 3.05) is 31.1 Å². The maximum Gasteiger partial charge on any atom is 0.160 e. The number of nitrogens with one attached hydrogen (secondary N) is 1. The molecule has 1 aliphatic heterocycles. The zero-order valence-corrected chi connectivity index (χ0v) is 11.6. The Balaban J connectivity index is 1.46. The highest BCUT2D eigenvalue weighted by Gasteiger charge is 2.20. The van der Waals surface area contributed by atoms with Crippen LogP contribution in [-0.4, -0.2) is 51.2 Å². The Morgan fingerprint density at radius 2 is 2.10 bits per heavy atom. The maximum absolute atomic E-state index is 5.41. The van der Waals surface area contributed by atoms with Gasteiger partial charge in [0.1, 0.15) is 17.9 Å². The number of H-pyrrole nitrogens is 1. The van der Waals surface area contributed by atoms with Crippen LogP contribution in [-0.2, 0) is 6.54 Å². The molecule has 1 fully saturated rings. The summed E-state index contributed by atoms with van der Waals surface area (Å²) >= 11 is 0. The van der Waals surface area contributed by atoms with Crippen molar-refractivity contribution in [3.63, 3.8) is 0 Å². The predicted octanol–water partition coefficient (Wildman–Crippen LogP) is 1.27. The number of anilines is 1. The first kappa shape index (κ1) is 12.3. The molecule has 0 bridgehead atoms. The highest BCUT2D eigenvalue weighted by molar-refractivity contribution is 5.86. The third-order valence-corrected chi connectivity index (χ3v) is 3.86. The Kier molecular flexibility index (Phi) is 3.04. The number of furan rings is 1. The average molecular weight is 284 g/mol. The lowest BCUT2D eigenvalue weighted by Crippen LogP contribution is -2.46. The first-order chi connectivity index (χ1) is 10.4. The van der Waals surface area contributed by atoms with E-state index in [0.717, 1.165) is 55.3 Å². The van der Waals surface area contributed by atoms with Gasteiger partial charge in [0.05, 0.1) is 24.4 Å². The fourth-order valence-corrected chi connectivity index (χ4v) is 2.74. The van der Waals surface area contributed by atoms with Crippen LogP contribution >= 0.6 is 0 Å². The molecule has 3 aromatic rings. The number of aromatic nitrogens is 4. The monoisotopic (exact) mass is 284 g/mol. The minimum atomic E-state index is 0.790. The molecule has 1 saturated heterocycles. The summed E-state index contributed by atoms with van der Waals surface area (Å²) in [5.74, 6) is 1.98. The molecule has 0 aromatic carbocycles. The van der Waals surface area contributed by atoms with Gasteiger partial charge in [-0.25, -0.2) is 9.97 Å². The van der Waals surface area contributed by atoms with Gasteiger partial charge in [-0.2, -0.15) is 5.10 Å². The molecule has 0 spiro atoms. The Hall–Kier alpha value is -2.41. The molecule has 0 aliphatic carbocycles.